The molecule has 10 nitrogen and oxygen atoms in total. The monoisotopic (exact) mass is 480 g/mol. The van der Waals surface area contributed by atoms with Crippen molar-refractivity contribution in [2.75, 3.05) is 16.8 Å². The molecule has 0 saturated heterocycles. The molecule has 3 aromatic rings. The first-order chi connectivity index (χ1) is 16.3. The van der Waals surface area contributed by atoms with Gasteiger partial charge in [0.05, 0.1) is 12.6 Å². The number of amides is 1. The van der Waals surface area contributed by atoms with Crippen LogP contribution in [0.3, 0.4) is 0 Å². The number of benzene rings is 2. The van der Waals surface area contributed by atoms with Crippen LogP contribution < -0.4 is 21.5 Å². The second-order valence-electron chi connectivity index (χ2n) is 8.12. The molecule has 176 valence electrons. The van der Waals surface area contributed by atoms with E-state index in [1.807, 2.05) is 6.92 Å². The minimum atomic E-state index is -0.433. The number of hydrogen-bond acceptors (Lipinski definition) is 8. The van der Waals surface area contributed by atoms with Crippen molar-refractivity contribution < 1.29 is 9.90 Å². The van der Waals surface area contributed by atoms with Crippen LogP contribution in [0.1, 0.15) is 35.3 Å². The standard InChI is InChI=1S/C23H24N6O4S/c1-12(11-30)25-20(24)19-21(31)28-34-22(19)26-16-5-3-14(4-6-16)23(32)29-13(2)9-15-10-17(27-33)7-8-18(15)29/h3-8,10,12-13,26,30H,9,11H2,1-2H3,(H2,24,25)(H,28,31). The smallest absolute Gasteiger partial charge is 0.271 e. The average molecular weight is 481 g/mol. The van der Waals surface area contributed by atoms with Crippen LogP contribution in [-0.4, -0.2) is 39.9 Å². The zero-order valence-corrected chi connectivity index (χ0v) is 19.4. The summed E-state index contributed by atoms with van der Waals surface area (Å²) in [6, 6.07) is 11.5. The molecule has 0 radical (unpaired) electrons. The molecular formula is C23H24N6O4S. The number of nitrogens with two attached hydrogens (primary N) is 1. The van der Waals surface area contributed by atoms with Crippen molar-refractivity contribution in [1.29, 1.82) is 0 Å². The summed E-state index contributed by atoms with van der Waals surface area (Å²) in [6.07, 6.45) is 0.650. The first-order valence-electron chi connectivity index (χ1n) is 10.6. The molecule has 1 amide bonds. The number of amidine groups is 1. The minimum Gasteiger partial charge on any atom is -0.394 e. The van der Waals surface area contributed by atoms with Gasteiger partial charge in [0.2, 0.25) is 0 Å². The van der Waals surface area contributed by atoms with Crippen LogP contribution in [0, 0.1) is 4.91 Å². The van der Waals surface area contributed by atoms with Crippen molar-refractivity contribution >= 4 is 45.3 Å². The van der Waals surface area contributed by atoms with Gasteiger partial charge in [0.25, 0.3) is 11.5 Å². The summed E-state index contributed by atoms with van der Waals surface area (Å²) in [5, 5.41) is 15.8. The number of carbonyl (C=O) groups is 1. The van der Waals surface area contributed by atoms with Gasteiger partial charge in [-0.15, -0.1) is 4.91 Å². The number of nitrogens with one attached hydrogen (secondary N) is 2. The topological polar surface area (TPSA) is 153 Å². The van der Waals surface area contributed by atoms with Crippen LogP contribution in [-0.2, 0) is 6.42 Å². The lowest BCUT2D eigenvalue weighted by atomic mass is 10.1. The Bertz CT molecular complexity index is 1310. The number of aliphatic imine (C=N–C) groups is 1. The maximum Gasteiger partial charge on any atom is 0.271 e. The van der Waals surface area contributed by atoms with Crippen molar-refractivity contribution in [1.82, 2.24) is 4.37 Å². The summed E-state index contributed by atoms with van der Waals surface area (Å²) in [6.45, 7) is 3.46. The molecular weight excluding hydrogens is 456 g/mol. The molecule has 2 aromatic carbocycles. The van der Waals surface area contributed by atoms with E-state index in [4.69, 9.17) is 5.73 Å². The Labute approximate surface area is 199 Å². The van der Waals surface area contributed by atoms with E-state index in [0.29, 0.717) is 28.4 Å². The van der Waals surface area contributed by atoms with E-state index in [1.165, 1.54) is 0 Å². The van der Waals surface area contributed by atoms with Gasteiger partial charge >= 0.3 is 0 Å². The maximum atomic E-state index is 13.2. The Hall–Kier alpha value is -3.83. The number of hydrogen-bond donors (Lipinski definition) is 4. The number of aliphatic hydroxyl groups is 1. The van der Waals surface area contributed by atoms with Crippen molar-refractivity contribution in [3.05, 3.63) is 74.4 Å². The normalized spacial score (nSPS) is 16.3. The van der Waals surface area contributed by atoms with E-state index in [2.05, 4.69) is 19.9 Å². The molecule has 1 aromatic heterocycles. The van der Waals surface area contributed by atoms with Crippen molar-refractivity contribution in [2.45, 2.75) is 32.4 Å². The predicted molar refractivity (Wildman–Crippen MR) is 134 cm³/mol. The summed E-state index contributed by atoms with van der Waals surface area (Å²) < 4.78 is 2.63. The number of rotatable bonds is 7. The van der Waals surface area contributed by atoms with Gasteiger partial charge in [0.15, 0.2) is 0 Å². The number of aromatic nitrogens is 1. The molecule has 2 atom stereocenters. The van der Waals surface area contributed by atoms with E-state index in [0.717, 1.165) is 22.8 Å². The third kappa shape index (κ3) is 4.47. The first kappa shape index (κ1) is 23.3. The van der Waals surface area contributed by atoms with Crippen LogP contribution in [0.4, 0.5) is 22.1 Å². The largest absolute Gasteiger partial charge is 0.394 e. The number of H-pyrrole nitrogens is 1. The summed E-state index contributed by atoms with van der Waals surface area (Å²) in [4.78, 5) is 42.2. The molecule has 0 fully saturated rings. The lowest BCUT2D eigenvalue weighted by molar-refractivity contribution is 0.0981. The molecule has 11 heteroatoms. The summed E-state index contributed by atoms with van der Waals surface area (Å²) >= 11 is 1.08. The average Bonchev–Trinajstić information content (AvgIpc) is 3.36. The Morgan fingerprint density at radius 2 is 2.06 bits per heavy atom. The number of anilines is 3. The summed E-state index contributed by atoms with van der Waals surface area (Å²) in [5.74, 6) is -0.112. The zero-order valence-electron chi connectivity index (χ0n) is 18.6. The fourth-order valence-electron chi connectivity index (χ4n) is 3.92. The first-order valence-corrected chi connectivity index (χ1v) is 11.5. The van der Waals surface area contributed by atoms with Gasteiger partial charge in [-0.05, 0) is 85.0 Å². The quantitative estimate of drug-likeness (QED) is 0.231. The second-order valence-corrected chi connectivity index (χ2v) is 8.93. The number of aliphatic hydroxyl groups excluding tert-OH is 1. The molecule has 0 aliphatic carbocycles. The molecule has 2 heterocycles. The number of fused-ring (bicyclic) bond motifs is 1. The van der Waals surface area contributed by atoms with E-state index in [-0.39, 0.29) is 35.5 Å². The van der Waals surface area contributed by atoms with Crippen molar-refractivity contribution in [2.24, 2.45) is 15.9 Å². The van der Waals surface area contributed by atoms with E-state index >= 15 is 0 Å². The zero-order chi connectivity index (χ0) is 24.4. The Morgan fingerprint density at radius 3 is 2.74 bits per heavy atom. The predicted octanol–water partition coefficient (Wildman–Crippen LogP) is 3.26. The van der Waals surface area contributed by atoms with Gasteiger partial charge in [-0.3, -0.25) is 19.0 Å². The van der Waals surface area contributed by atoms with Gasteiger partial charge in [-0.2, -0.15) is 0 Å². The second kappa shape index (κ2) is 9.57. The van der Waals surface area contributed by atoms with E-state index in [9.17, 15) is 19.6 Å². The fraction of sp³-hybridized carbons (Fsp3) is 0.261. The third-order valence-electron chi connectivity index (χ3n) is 5.57. The Kier molecular flexibility index (Phi) is 6.57. The summed E-state index contributed by atoms with van der Waals surface area (Å²) in [5.41, 5.74) is 9.02. The van der Waals surface area contributed by atoms with Crippen molar-refractivity contribution in [3.63, 3.8) is 0 Å². The SMILES string of the molecule is CC(CO)N=C(N)c1c(Nc2ccc(C(=O)N3c4ccc(N=O)cc4CC3C)cc2)s[nH]c1=O. The maximum absolute atomic E-state index is 13.2. The molecule has 1 aliphatic rings. The molecule has 4 rings (SSSR count). The van der Waals surface area contributed by atoms with Crippen LogP contribution in [0.25, 0.3) is 0 Å². The van der Waals surface area contributed by atoms with Gasteiger partial charge in [0.1, 0.15) is 22.1 Å². The summed E-state index contributed by atoms with van der Waals surface area (Å²) in [7, 11) is 0. The Balaban J connectivity index is 1.54. The molecule has 0 bridgehead atoms. The van der Waals surface area contributed by atoms with Crippen LogP contribution in [0.2, 0.25) is 0 Å². The third-order valence-corrected chi connectivity index (χ3v) is 6.37. The van der Waals surface area contributed by atoms with Crippen LogP contribution in [0.15, 0.2) is 57.4 Å². The highest BCUT2D eigenvalue weighted by Gasteiger charge is 2.31. The Morgan fingerprint density at radius 1 is 1.32 bits per heavy atom. The highest BCUT2D eigenvalue weighted by molar-refractivity contribution is 7.10. The molecule has 1 aliphatic heterocycles. The fourth-order valence-corrected chi connectivity index (χ4v) is 4.68. The van der Waals surface area contributed by atoms with E-state index < -0.39 is 6.04 Å². The van der Waals surface area contributed by atoms with Gasteiger partial charge in [-0.1, -0.05) is 0 Å². The number of aromatic amines is 1. The van der Waals surface area contributed by atoms with Gasteiger partial charge in [-0.25, -0.2) is 0 Å². The molecule has 2 unspecified atom stereocenters. The van der Waals surface area contributed by atoms with Crippen molar-refractivity contribution in [3.8, 4) is 0 Å². The van der Waals surface area contributed by atoms with E-state index in [1.54, 1.807) is 54.3 Å². The lowest BCUT2D eigenvalue weighted by Gasteiger charge is -2.23. The molecule has 0 saturated carbocycles. The highest BCUT2D eigenvalue weighted by atomic mass is 32.1. The number of carbonyl (C=O) groups excluding carboxylic acids is 1. The number of nitrogens with zero attached hydrogens (tertiary/aromatic N) is 3. The minimum absolute atomic E-state index is 0.0352. The number of nitroso groups, excluding NO2 is 1. The molecule has 5 N–H and O–H groups in total. The lowest BCUT2D eigenvalue weighted by Crippen LogP contribution is -2.35. The van der Waals surface area contributed by atoms with Crippen LogP contribution >= 0.6 is 11.5 Å². The van der Waals surface area contributed by atoms with Gasteiger partial charge in [0, 0.05) is 23.0 Å². The highest BCUT2D eigenvalue weighted by Crippen LogP contribution is 2.36. The molecule has 0 spiro atoms. The van der Waals surface area contributed by atoms with Gasteiger partial charge < -0.3 is 21.1 Å². The molecule has 34 heavy (non-hydrogen) atoms. The van der Waals surface area contributed by atoms with Crippen LogP contribution in [0.5, 0.6) is 0 Å².